The molecule has 0 amide bonds. The third-order valence-corrected chi connectivity index (χ3v) is 2.76. The predicted octanol–water partition coefficient (Wildman–Crippen LogP) is 1.94. The van der Waals surface area contributed by atoms with E-state index < -0.39 is 5.97 Å². The Hall–Kier alpha value is -2.40. The molecule has 0 radical (unpaired) electrons. The van der Waals surface area contributed by atoms with Gasteiger partial charge >= 0.3 is 5.97 Å². The van der Waals surface area contributed by atoms with E-state index in [0.29, 0.717) is 17.0 Å². The molecule has 0 saturated carbocycles. The molecular formula is C15H15NO4. The minimum Gasteiger partial charge on any atom is -0.487 e. The lowest BCUT2D eigenvalue weighted by Crippen LogP contribution is -2.04. The fourth-order valence-electron chi connectivity index (χ4n) is 1.68. The van der Waals surface area contributed by atoms with Crippen molar-refractivity contribution in [1.29, 1.82) is 0 Å². The highest BCUT2D eigenvalue weighted by Gasteiger charge is 2.06. The van der Waals surface area contributed by atoms with Gasteiger partial charge in [-0.3, -0.25) is 4.98 Å². The summed E-state index contributed by atoms with van der Waals surface area (Å²) in [4.78, 5) is 15.4. The first-order valence-corrected chi connectivity index (χ1v) is 6.09. The van der Waals surface area contributed by atoms with E-state index in [1.807, 2.05) is 12.1 Å². The van der Waals surface area contributed by atoms with E-state index in [0.717, 1.165) is 5.56 Å². The number of pyridine rings is 1. The number of hydrogen-bond acceptors (Lipinski definition) is 5. The van der Waals surface area contributed by atoms with Crippen LogP contribution in [0.3, 0.4) is 0 Å². The molecule has 0 bridgehead atoms. The second-order valence-corrected chi connectivity index (χ2v) is 4.08. The minimum absolute atomic E-state index is 0.0785. The van der Waals surface area contributed by atoms with Crippen molar-refractivity contribution >= 4 is 5.97 Å². The Balaban J connectivity index is 2.02. The summed E-state index contributed by atoms with van der Waals surface area (Å²) in [6.07, 6.45) is 1.45. The van der Waals surface area contributed by atoms with Gasteiger partial charge in [0.25, 0.3) is 0 Å². The summed E-state index contributed by atoms with van der Waals surface area (Å²) in [7, 11) is 1.32. The van der Waals surface area contributed by atoms with Crippen molar-refractivity contribution in [3.8, 4) is 5.75 Å². The molecule has 5 nitrogen and oxygen atoms in total. The summed E-state index contributed by atoms with van der Waals surface area (Å²) in [6, 6.07) is 10.6. The lowest BCUT2D eigenvalue weighted by atomic mass is 10.2. The number of carbonyl (C=O) groups excluding carboxylic acids is 1. The molecular weight excluding hydrogens is 258 g/mol. The molecule has 2 rings (SSSR count). The molecule has 1 aromatic heterocycles. The minimum atomic E-state index is -0.421. The molecule has 0 atom stereocenters. The Bertz CT molecular complexity index is 581. The van der Waals surface area contributed by atoms with E-state index in [4.69, 9.17) is 4.74 Å². The monoisotopic (exact) mass is 273 g/mol. The number of esters is 1. The molecule has 0 aliphatic heterocycles. The standard InChI is InChI=1S/C15H15NO4/c1-19-15(18)11-6-7-13(16-8-11)10-20-14-5-3-2-4-12(14)9-17/h2-8,17H,9-10H2,1H3. The summed E-state index contributed by atoms with van der Waals surface area (Å²) >= 11 is 0. The maximum absolute atomic E-state index is 11.3. The number of aliphatic hydroxyl groups is 1. The quantitative estimate of drug-likeness (QED) is 0.843. The van der Waals surface area contributed by atoms with Crippen molar-refractivity contribution in [3.63, 3.8) is 0 Å². The predicted molar refractivity (Wildman–Crippen MR) is 72.3 cm³/mol. The van der Waals surface area contributed by atoms with Crippen LogP contribution in [-0.4, -0.2) is 23.2 Å². The Labute approximate surface area is 116 Å². The van der Waals surface area contributed by atoms with E-state index in [-0.39, 0.29) is 13.2 Å². The van der Waals surface area contributed by atoms with Crippen LogP contribution in [0, 0.1) is 0 Å². The van der Waals surface area contributed by atoms with Gasteiger partial charge in [0.1, 0.15) is 12.4 Å². The van der Waals surface area contributed by atoms with Gasteiger partial charge in [-0.05, 0) is 18.2 Å². The Morgan fingerprint density at radius 1 is 1.25 bits per heavy atom. The van der Waals surface area contributed by atoms with Crippen LogP contribution in [-0.2, 0) is 18.0 Å². The van der Waals surface area contributed by atoms with Crippen molar-refractivity contribution in [2.75, 3.05) is 7.11 Å². The zero-order valence-corrected chi connectivity index (χ0v) is 11.1. The largest absolute Gasteiger partial charge is 0.487 e. The van der Waals surface area contributed by atoms with Gasteiger partial charge in [-0.1, -0.05) is 18.2 Å². The second-order valence-electron chi connectivity index (χ2n) is 4.08. The number of carbonyl (C=O) groups is 1. The molecule has 0 unspecified atom stereocenters. The summed E-state index contributed by atoms with van der Waals surface area (Å²) in [5, 5.41) is 9.19. The van der Waals surface area contributed by atoms with Gasteiger partial charge in [0.2, 0.25) is 0 Å². The molecule has 20 heavy (non-hydrogen) atoms. The molecule has 1 aromatic carbocycles. The fraction of sp³-hybridized carbons (Fsp3) is 0.200. The maximum Gasteiger partial charge on any atom is 0.339 e. The summed E-state index contributed by atoms with van der Waals surface area (Å²) in [5.41, 5.74) is 1.80. The van der Waals surface area contributed by atoms with Gasteiger partial charge in [-0.15, -0.1) is 0 Å². The van der Waals surface area contributed by atoms with Crippen LogP contribution >= 0.6 is 0 Å². The van der Waals surface area contributed by atoms with Crippen LogP contribution in [0.1, 0.15) is 21.6 Å². The van der Waals surface area contributed by atoms with Gasteiger partial charge in [0.15, 0.2) is 0 Å². The first-order chi connectivity index (χ1) is 9.74. The normalized spacial score (nSPS) is 10.1. The molecule has 0 fully saturated rings. The molecule has 1 heterocycles. The summed E-state index contributed by atoms with van der Waals surface area (Å²) in [6.45, 7) is 0.184. The van der Waals surface area contributed by atoms with Crippen molar-refractivity contribution in [3.05, 3.63) is 59.4 Å². The first kappa shape index (κ1) is 14.0. The fourth-order valence-corrected chi connectivity index (χ4v) is 1.68. The zero-order chi connectivity index (χ0) is 14.4. The molecule has 104 valence electrons. The number of methoxy groups -OCH3 is 1. The molecule has 0 aliphatic rings. The Morgan fingerprint density at radius 2 is 2.05 bits per heavy atom. The zero-order valence-electron chi connectivity index (χ0n) is 11.1. The van der Waals surface area contributed by atoms with Crippen LogP contribution in [0.4, 0.5) is 0 Å². The highest BCUT2D eigenvalue weighted by atomic mass is 16.5. The number of ether oxygens (including phenoxy) is 2. The van der Waals surface area contributed by atoms with Gasteiger partial charge < -0.3 is 14.6 Å². The van der Waals surface area contributed by atoms with E-state index in [1.54, 1.807) is 24.3 Å². The van der Waals surface area contributed by atoms with Crippen LogP contribution < -0.4 is 4.74 Å². The van der Waals surface area contributed by atoms with E-state index >= 15 is 0 Å². The Morgan fingerprint density at radius 3 is 2.70 bits per heavy atom. The van der Waals surface area contributed by atoms with Crippen molar-refractivity contribution in [2.24, 2.45) is 0 Å². The van der Waals surface area contributed by atoms with Gasteiger partial charge in [0.05, 0.1) is 25.0 Å². The number of aliphatic hydroxyl groups excluding tert-OH is 1. The smallest absolute Gasteiger partial charge is 0.339 e. The highest BCUT2D eigenvalue weighted by Crippen LogP contribution is 2.18. The van der Waals surface area contributed by atoms with Crippen molar-refractivity contribution in [1.82, 2.24) is 4.98 Å². The molecule has 2 aromatic rings. The molecule has 5 heteroatoms. The number of hydrogen-bond donors (Lipinski definition) is 1. The average Bonchev–Trinajstić information content (AvgIpc) is 2.53. The maximum atomic E-state index is 11.3. The third kappa shape index (κ3) is 3.33. The Kier molecular flexibility index (Phi) is 4.68. The van der Waals surface area contributed by atoms with E-state index in [1.165, 1.54) is 13.3 Å². The number of aromatic nitrogens is 1. The van der Waals surface area contributed by atoms with Crippen LogP contribution in [0.2, 0.25) is 0 Å². The molecule has 1 N–H and O–H groups in total. The lowest BCUT2D eigenvalue weighted by Gasteiger charge is -2.09. The second kappa shape index (κ2) is 6.68. The van der Waals surface area contributed by atoms with Crippen molar-refractivity contribution in [2.45, 2.75) is 13.2 Å². The number of rotatable bonds is 5. The highest BCUT2D eigenvalue weighted by molar-refractivity contribution is 5.88. The number of benzene rings is 1. The number of para-hydroxylation sites is 1. The van der Waals surface area contributed by atoms with Crippen LogP contribution in [0.25, 0.3) is 0 Å². The first-order valence-electron chi connectivity index (χ1n) is 6.09. The lowest BCUT2D eigenvalue weighted by molar-refractivity contribution is 0.0600. The van der Waals surface area contributed by atoms with E-state index in [9.17, 15) is 9.90 Å². The molecule has 0 spiro atoms. The van der Waals surface area contributed by atoms with Gasteiger partial charge in [-0.2, -0.15) is 0 Å². The third-order valence-electron chi connectivity index (χ3n) is 2.76. The van der Waals surface area contributed by atoms with Crippen LogP contribution in [0.15, 0.2) is 42.6 Å². The molecule has 0 aliphatic carbocycles. The SMILES string of the molecule is COC(=O)c1ccc(COc2ccccc2CO)nc1. The van der Waals surface area contributed by atoms with E-state index in [2.05, 4.69) is 9.72 Å². The topological polar surface area (TPSA) is 68.7 Å². The average molecular weight is 273 g/mol. The van der Waals surface area contributed by atoms with Gasteiger partial charge in [-0.25, -0.2) is 4.79 Å². The van der Waals surface area contributed by atoms with Crippen LogP contribution in [0.5, 0.6) is 5.75 Å². The molecule has 0 saturated heterocycles. The van der Waals surface area contributed by atoms with Crippen molar-refractivity contribution < 1.29 is 19.4 Å². The van der Waals surface area contributed by atoms with Gasteiger partial charge in [0, 0.05) is 11.8 Å². The summed E-state index contributed by atoms with van der Waals surface area (Å²) in [5.74, 6) is 0.199. The number of nitrogens with zero attached hydrogens (tertiary/aromatic N) is 1. The summed E-state index contributed by atoms with van der Waals surface area (Å²) < 4.78 is 10.2.